The molecule has 0 aliphatic heterocycles. The van der Waals surface area contributed by atoms with Crippen LogP contribution in [0.4, 0.5) is 5.69 Å². The molecule has 2 atom stereocenters. The van der Waals surface area contributed by atoms with Gasteiger partial charge in [0.25, 0.3) is 0 Å². The van der Waals surface area contributed by atoms with Gasteiger partial charge in [-0.1, -0.05) is 13.8 Å². The van der Waals surface area contributed by atoms with Crippen LogP contribution < -0.4 is 15.8 Å². The molecule has 1 rings (SSSR count). The molecule has 1 amide bonds. The molecule has 1 aromatic rings. The van der Waals surface area contributed by atoms with Crippen LogP contribution in [0.2, 0.25) is 0 Å². The maximum Gasteiger partial charge on any atom is 0.233 e. The van der Waals surface area contributed by atoms with Gasteiger partial charge < -0.3 is 15.8 Å². The molecule has 112 valence electrons. The zero-order valence-corrected chi connectivity index (χ0v) is 13.1. The molecule has 0 aliphatic rings. The fraction of sp³-hybridized carbons (Fsp3) is 0.500. The van der Waals surface area contributed by atoms with Crippen molar-refractivity contribution in [2.24, 2.45) is 5.92 Å². The number of hydrogen-bond donors (Lipinski definition) is 2. The van der Waals surface area contributed by atoms with Gasteiger partial charge in [-0.15, -0.1) is 0 Å². The van der Waals surface area contributed by atoms with Gasteiger partial charge in [0.2, 0.25) is 5.91 Å². The van der Waals surface area contributed by atoms with Crippen molar-refractivity contribution < 1.29 is 13.7 Å². The molecule has 0 heterocycles. The summed E-state index contributed by atoms with van der Waals surface area (Å²) in [4.78, 5) is 12.3. The van der Waals surface area contributed by atoms with Crippen LogP contribution in [-0.2, 0) is 15.6 Å². The highest BCUT2D eigenvalue weighted by Gasteiger charge is 2.17. The second-order valence-electron chi connectivity index (χ2n) is 5.00. The van der Waals surface area contributed by atoms with Crippen LogP contribution in [0.3, 0.4) is 0 Å². The van der Waals surface area contributed by atoms with Gasteiger partial charge >= 0.3 is 0 Å². The van der Waals surface area contributed by atoms with Gasteiger partial charge in [0, 0.05) is 17.8 Å². The number of benzene rings is 1. The molecule has 0 radical (unpaired) electrons. The van der Waals surface area contributed by atoms with Crippen molar-refractivity contribution in [1.82, 2.24) is 5.32 Å². The second kappa shape index (κ2) is 7.28. The second-order valence-corrected chi connectivity index (χ2v) is 6.42. The Kier molecular flexibility index (Phi) is 6.01. The predicted octanol–water partition coefficient (Wildman–Crippen LogP) is 1.55. The molecule has 0 bridgehead atoms. The number of carbonyl (C=O) groups is 1. The van der Waals surface area contributed by atoms with Crippen LogP contribution in [0.1, 0.15) is 20.8 Å². The van der Waals surface area contributed by atoms with E-state index in [1.54, 1.807) is 18.2 Å². The van der Waals surface area contributed by atoms with E-state index in [4.69, 9.17) is 10.5 Å². The first-order chi connectivity index (χ1) is 9.35. The van der Waals surface area contributed by atoms with Crippen molar-refractivity contribution in [2.75, 3.05) is 18.6 Å². The van der Waals surface area contributed by atoms with Crippen molar-refractivity contribution in [3.05, 3.63) is 18.2 Å². The molecule has 0 aromatic heterocycles. The normalized spacial score (nSPS) is 13.8. The Morgan fingerprint density at radius 2 is 2.05 bits per heavy atom. The molecule has 2 unspecified atom stereocenters. The third-order valence-corrected chi connectivity index (χ3v) is 4.44. The lowest BCUT2D eigenvalue weighted by Crippen LogP contribution is -2.38. The van der Waals surface area contributed by atoms with Crippen LogP contribution in [0.25, 0.3) is 0 Å². The minimum Gasteiger partial charge on any atom is -0.495 e. The zero-order valence-electron chi connectivity index (χ0n) is 12.3. The first-order valence-corrected chi connectivity index (χ1v) is 7.78. The number of nitrogens with two attached hydrogens (primary N) is 1. The summed E-state index contributed by atoms with van der Waals surface area (Å²) in [5, 5.41) is 2.83. The van der Waals surface area contributed by atoms with Crippen molar-refractivity contribution >= 4 is 22.4 Å². The molecule has 0 saturated heterocycles. The maximum absolute atomic E-state index is 12.2. The number of rotatable bonds is 6. The summed E-state index contributed by atoms with van der Waals surface area (Å²) in [5.41, 5.74) is 6.17. The lowest BCUT2D eigenvalue weighted by molar-refractivity contribution is -0.119. The van der Waals surface area contributed by atoms with Crippen LogP contribution in [0.15, 0.2) is 23.1 Å². The van der Waals surface area contributed by atoms with Crippen molar-refractivity contribution in [1.29, 1.82) is 0 Å². The number of nitrogen functional groups attached to an aromatic ring is 1. The van der Waals surface area contributed by atoms with E-state index in [-0.39, 0.29) is 17.7 Å². The first-order valence-electron chi connectivity index (χ1n) is 6.46. The van der Waals surface area contributed by atoms with Crippen LogP contribution in [-0.4, -0.2) is 29.0 Å². The zero-order chi connectivity index (χ0) is 15.3. The number of methoxy groups -OCH3 is 1. The van der Waals surface area contributed by atoms with Gasteiger partial charge in [-0.2, -0.15) is 0 Å². The van der Waals surface area contributed by atoms with Gasteiger partial charge in [0.15, 0.2) is 0 Å². The van der Waals surface area contributed by atoms with Gasteiger partial charge in [-0.25, -0.2) is 0 Å². The number of amides is 1. The molecule has 3 N–H and O–H groups in total. The Bertz CT molecular complexity index is 503. The van der Waals surface area contributed by atoms with E-state index in [0.29, 0.717) is 22.3 Å². The van der Waals surface area contributed by atoms with E-state index < -0.39 is 10.8 Å². The van der Waals surface area contributed by atoms with Crippen LogP contribution in [0.5, 0.6) is 5.75 Å². The summed E-state index contributed by atoms with van der Waals surface area (Å²) in [6.45, 7) is 5.96. The van der Waals surface area contributed by atoms with E-state index in [1.807, 2.05) is 20.8 Å². The summed E-state index contributed by atoms with van der Waals surface area (Å²) in [6.07, 6.45) is 0. The summed E-state index contributed by atoms with van der Waals surface area (Å²) >= 11 is 0. The molecule has 1 aromatic carbocycles. The van der Waals surface area contributed by atoms with E-state index in [1.165, 1.54) is 7.11 Å². The van der Waals surface area contributed by atoms with Crippen molar-refractivity contribution in [2.45, 2.75) is 31.7 Å². The molecule has 0 fully saturated rings. The minimum absolute atomic E-state index is 0.0489. The van der Waals surface area contributed by atoms with E-state index >= 15 is 0 Å². The lowest BCUT2D eigenvalue weighted by atomic mass is 10.1. The SMILES string of the molecule is COc1cc(N)ccc1S(=O)CC(=O)NC(C)C(C)C. The summed E-state index contributed by atoms with van der Waals surface area (Å²) < 4.78 is 17.4. The summed E-state index contributed by atoms with van der Waals surface area (Å²) in [6, 6.07) is 4.92. The average molecular weight is 298 g/mol. The fourth-order valence-electron chi connectivity index (χ4n) is 1.53. The Balaban J connectivity index is 2.74. The highest BCUT2D eigenvalue weighted by molar-refractivity contribution is 7.85. The van der Waals surface area contributed by atoms with E-state index in [0.717, 1.165) is 0 Å². The van der Waals surface area contributed by atoms with Gasteiger partial charge in [-0.3, -0.25) is 9.00 Å². The molecule has 5 nitrogen and oxygen atoms in total. The van der Waals surface area contributed by atoms with E-state index in [9.17, 15) is 9.00 Å². The lowest BCUT2D eigenvalue weighted by Gasteiger charge is -2.17. The summed E-state index contributed by atoms with van der Waals surface area (Å²) in [7, 11) is 0.0271. The monoisotopic (exact) mass is 298 g/mol. The predicted molar refractivity (Wildman–Crippen MR) is 81.1 cm³/mol. The Morgan fingerprint density at radius 3 is 2.60 bits per heavy atom. The van der Waals surface area contributed by atoms with Crippen molar-refractivity contribution in [3.63, 3.8) is 0 Å². The Labute approximate surface area is 122 Å². The third kappa shape index (κ3) is 4.52. The minimum atomic E-state index is -1.46. The van der Waals surface area contributed by atoms with Gasteiger partial charge in [0.05, 0.1) is 22.8 Å². The standard InChI is InChI=1S/C14H22N2O3S/c1-9(2)10(3)16-14(17)8-20(18)13-6-5-11(15)7-12(13)19-4/h5-7,9-10H,8,15H2,1-4H3,(H,16,17). The Hall–Kier alpha value is -1.56. The van der Waals surface area contributed by atoms with Crippen molar-refractivity contribution in [3.8, 4) is 5.75 Å². The smallest absolute Gasteiger partial charge is 0.233 e. The molecule has 0 spiro atoms. The first kappa shape index (κ1) is 16.5. The number of hydrogen-bond acceptors (Lipinski definition) is 4. The molecular formula is C14H22N2O3S. The third-order valence-electron chi connectivity index (χ3n) is 3.08. The maximum atomic E-state index is 12.2. The molecule has 6 heteroatoms. The molecule has 0 saturated carbocycles. The molecule has 0 aliphatic carbocycles. The highest BCUT2D eigenvalue weighted by Crippen LogP contribution is 2.24. The number of anilines is 1. The largest absolute Gasteiger partial charge is 0.495 e. The number of ether oxygens (including phenoxy) is 1. The van der Waals surface area contributed by atoms with Crippen LogP contribution in [0, 0.1) is 5.92 Å². The summed E-state index contributed by atoms with van der Waals surface area (Å²) in [5.74, 6) is 0.451. The number of nitrogens with one attached hydrogen (secondary N) is 1. The Morgan fingerprint density at radius 1 is 1.40 bits per heavy atom. The molecular weight excluding hydrogens is 276 g/mol. The number of carbonyl (C=O) groups excluding carboxylic acids is 1. The van der Waals surface area contributed by atoms with Gasteiger partial charge in [0.1, 0.15) is 11.5 Å². The van der Waals surface area contributed by atoms with Gasteiger partial charge in [-0.05, 0) is 25.0 Å². The molecule has 20 heavy (non-hydrogen) atoms. The van der Waals surface area contributed by atoms with E-state index in [2.05, 4.69) is 5.32 Å². The van der Waals surface area contributed by atoms with Crippen LogP contribution >= 0.6 is 0 Å². The highest BCUT2D eigenvalue weighted by atomic mass is 32.2. The average Bonchev–Trinajstić information content (AvgIpc) is 2.37. The quantitative estimate of drug-likeness (QED) is 0.781. The fourth-order valence-corrected chi connectivity index (χ4v) is 2.59. The topological polar surface area (TPSA) is 81.4 Å².